The van der Waals surface area contributed by atoms with Crippen LogP contribution in [0, 0.1) is 0 Å². The number of carbonyl (C=O) groups excluding carboxylic acids is 4. The van der Waals surface area contributed by atoms with Gasteiger partial charge in [-0.25, -0.2) is 9.57 Å². The molecule has 0 unspecified atom stereocenters. The van der Waals surface area contributed by atoms with E-state index in [2.05, 4.69) is 19.5 Å². The molecule has 0 spiro atoms. The molecule has 2 aromatic rings. The van der Waals surface area contributed by atoms with Gasteiger partial charge in [0.15, 0.2) is 12.8 Å². The van der Waals surface area contributed by atoms with E-state index in [0.29, 0.717) is 66.0 Å². The number of carbonyl (C=O) groups is 4. The van der Waals surface area contributed by atoms with E-state index in [-0.39, 0.29) is 13.1 Å². The summed E-state index contributed by atoms with van der Waals surface area (Å²) in [6.07, 6.45) is 3.51. The third-order valence-corrected chi connectivity index (χ3v) is 7.06. The SMILES string of the molecule is O=C1c2ccc3c4c(ccc(c24)C(=O)N1CCN1CCOCC1)C(=O)N(CC[N+]1=CC=NC1)C3=O.[Cl][Os]. The van der Waals surface area contributed by atoms with Gasteiger partial charge in [0.25, 0.3) is 23.6 Å². The molecule has 10 nitrogen and oxygen atoms in total. The Morgan fingerprint density at radius 3 is 1.73 bits per heavy atom. The third-order valence-electron chi connectivity index (χ3n) is 7.06. The van der Waals surface area contributed by atoms with Crippen LogP contribution in [-0.4, -0.2) is 114 Å². The zero-order valence-electron chi connectivity index (χ0n) is 19.8. The molecule has 4 aliphatic heterocycles. The van der Waals surface area contributed by atoms with Crippen molar-refractivity contribution in [2.75, 3.05) is 59.2 Å². The fraction of sp³-hybridized carbons (Fsp3) is 0.360. The van der Waals surface area contributed by atoms with Crippen LogP contribution in [-0.2, 0) is 22.3 Å². The molecule has 0 saturated carbocycles. The number of hydrogen-bond donors (Lipinski definition) is 0. The van der Waals surface area contributed by atoms with E-state index in [1.165, 1.54) is 27.4 Å². The van der Waals surface area contributed by atoms with Crippen LogP contribution in [0.3, 0.4) is 0 Å². The van der Waals surface area contributed by atoms with Crippen molar-refractivity contribution in [3.63, 3.8) is 0 Å². The molecule has 1 saturated heterocycles. The molecule has 4 aliphatic rings. The Kier molecular flexibility index (Phi) is 7.59. The average molecular weight is 700 g/mol. The summed E-state index contributed by atoms with van der Waals surface area (Å²) in [7, 11) is 4.67. The summed E-state index contributed by atoms with van der Waals surface area (Å²) in [5.41, 5.74) is 1.37. The van der Waals surface area contributed by atoms with Gasteiger partial charge in [-0.05, 0) is 24.3 Å². The number of amides is 4. The fourth-order valence-corrected chi connectivity index (χ4v) is 5.16. The van der Waals surface area contributed by atoms with E-state index < -0.39 is 23.6 Å². The minimum atomic E-state index is -0.416. The maximum atomic E-state index is 13.4. The Balaban J connectivity index is 0.00000137. The maximum absolute atomic E-state index is 13.4. The summed E-state index contributed by atoms with van der Waals surface area (Å²) in [5.74, 6) is -1.63. The molecule has 0 bridgehead atoms. The molecule has 2 aromatic carbocycles. The molecule has 1 fully saturated rings. The van der Waals surface area contributed by atoms with Crippen molar-refractivity contribution in [1.29, 1.82) is 0 Å². The van der Waals surface area contributed by atoms with E-state index in [9.17, 15) is 19.2 Å². The summed E-state index contributed by atoms with van der Waals surface area (Å²) in [6.45, 7) is 4.83. The molecule has 0 aromatic heterocycles. The molecule has 6 rings (SSSR count). The van der Waals surface area contributed by atoms with Gasteiger partial charge in [-0.15, -0.1) is 0 Å². The van der Waals surface area contributed by atoms with E-state index >= 15 is 0 Å². The number of nitrogens with zero attached hydrogens (tertiary/aromatic N) is 5. The predicted octanol–water partition coefficient (Wildman–Crippen LogP) is 1.18. The number of aliphatic imine (C=N–C) groups is 1. The van der Waals surface area contributed by atoms with Crippen LogP contribution in [0.4, 0.5) is 0 Å². The predicted molar refractivity (Wildman–Crippen MR) is 132 cm³/mol. The summed E-state index contributed by atoms with van der Waals surface area (Å²) in [6, 6.07) is 6.42. The van der Waals surface area contributed by atoms with Crippen LogP contribution in [0.15, 0.2) is 29.3 Å². The Labute approximate surface area is 227 Å². The standard InChI is InChI=1S/C25H24N5O5.ClH.Os/c31-22-16-1-3-18-21-19(25(34)30(24(18)33)10-8-28-6-5-26-15-28)4-2-17(20(16)21)23(32)29(22)9-7-27-11-13-35-14-12-27;;/h1-6H,7-15H2;1H;/q+1;;+1/p-1. The van der Waals surface area contributed by atoms with Crippen LogP contribution >= 0.6 is 9.64 Å². The molecule has 37 heavy (non-hydrogen) atoms. The third kappa shape index (κ3) is 4.55. The topological polar surface area (TPSA) is 103 Å². The van der Waals surface area contributed by atoms with Gasteiger partial charge in [0.2, 0.25) is 6.67 Å². The molecular weight excluding hydrogens is 676 g/mol. The van der Waals surface area contributed by atoms with Crippen molar-refractivity contribution < 1.29 is 46.1 Å². The van der Waals surface area contributed by atoms with Crippen LogP contribution < -0.4 is 0 Å². The van der Waals surface area contributed by atoms with Crippen molar-refractivity contribution in [1.82, 2.24) is 14.7 Å². The van der Waals surface area contributed by atoms with Gasteiger partial charge in [-0.3, -0.25) is 33.9 Å². The number of rotatable bonds is 6. The first-order valence-electron chi connectivity index (χ1n) is 11.9. The molecule has 12 heteroatoms. The van der Waals surface area contributed by atoms with Crippen molar-refractivity contribution >= 4 is 56.5 Å². The Morgan fingerprint density at radius 1 is 0.784 bits per heavy atom. The molecular formula is C25H24ClN5O5Os+. The number of halogens is 1. The summed E-state index contributed by atoms with van der Waals surface area (Å²) in [4.78, 5) is 62.1. The Bertz CT molecular complexity index is 1300. The number of hydrogen-bond acceptors (Lipinski definition) is 7. The summed E-state index contributed by atoms with van der Waals surface area (Å²) < 4.78 is 7.28. The molecule has 0 atom stereocenters. The first-order chi connectivity index (χ1) is 18.0. The van der Waals surface area contributed by atoms with Crippen molar-refractivity contribution in [2.24, 2.45) is 4.99 Å². The quantitative estimate of drug-likeness (QED) is 0.332. The fourth-order valence-electron chi connectivity index (χ4n) is 5.16. The number of morpholine rings is 1. The van der Waals surface area contributed by atoms with Gasteiger partial charge in [-0.2, -0.15) is 0 Å². The van der Waals surface area contributed by atoms with Gasteiger partial charge in [0.1, 0.15) is 0 Å². The molecule has 0 N–H and O–H groups in total. The number of benzene rings is 2. The molecule has 4 amide bonds. The van der Waals surface area contributed by atoms with E-state index in [1.54, 1.807) is 30.5 Å². The van der Waals surface area contributed by atoms with E-state index in [4.69, 9.17) is 4.74 Å². The van der Waals surface area contributed by atoms with Crippen LogP contribution in [0.2, 0.25) is 0 Å². The van der Waals surface area contributed by atoms with Crippen molar-refractivity contribution in [3.8, 4) is 0 Å². The molecule has 4 heterocycles. The second kappa shape index (κ2) is 10.9. The van der Waals surface area contributed by atoms with Gasteiger partial charge in [0, 0.05) is 59.2 Å². The average Bonchev–Trinajstić information content (AvgIpc) is 3.46. The second-order valence-corrected chi connectivity index (χ2v) is 8.98. The van der Waals surface area contributed by atoms with Crippen molar-refractivity contribution in [2.45, 2.75) is 0 Å². The van der Waals surface area contributed by atoms with E-state index in [0.717, 1.165) is 13.1 Å². The molecule has 193 valence electrons. The Morgan fingerprint density at radius 2 is 1.27 bits per heavy atom. The first-order valence-corrected chi connectivity index (χ1v) is 15.0. The first kappa shape index (κ1) is 25.8. The van der Waals surface area contributed by atoms with Crippen LogP contribution in [0.5, 0.6) is 0 Å². The summed E-state index contributed by atoms with van der Waals surface area (Å²) in [5, 5.41) is 0.803. The monoisotopic (exact) mass is 701 g/mol. The molecule has 0 aliphatic carbocycles. The van der Waals surface area contributed by atoms with Gasteiger partial charge < -0.3 is 4.74 Å². The van der Waals surface area contributed by atoms with Gasteiger partial charge >= 0.3 is 27.2 Å². The zero-order chi connectivity index (χ0) is 26.1. The summed E-state index contributed by atoms with van der Waals surface area (Å²) >= 11 is 1.33. The van der Waals surface area contributed by atoms with Gasteiger partial charge in [-0.1, -0.05) is 0 Å². The zero-order valence-corrected chi connectivity index (χ0v) is 23.1. The second-order valence-electron chi connectivity index (χ2n) is 8.98. The normalized spacial score (nSPS) is 18.9. The minimum absolute atomic E-state index is 0.217. The number of imide groups is 2. The van der Waals surface area contributed by atoms with E-state index in [1.807, 2.05) is 10.8 Å². The number of ether oxygens (including phenoxy) is 1. The molecule has 0 radical (unpaired) electrons. The van der Waals surface area contributed by atoms with Crippen LogP contribution in [0.25, 0.3) is 10.8 Å². The van der Waals surface area contributed by atoms with Gasteiger partial charge in [0.05, 0.1) is 26.0 Å². The van der Waals surface area contributed by atoms with Crippen molar-refractivity contribution in [3.05, 3.63) is 46.5 Å². The van der Waals surface area contributed by atoms with Crippen LogP contribution in [0.1, 0.15) is 41.4 Å². The Hall–Kier alpha value is -2.83.